The minimum atomic E-state index is 0.660. The van der Waals surface area contributed by atoms with E-state index in [2.05, 4.69) is 10.3 Å². The van der Waals surface area contributed by atoms with Gasteiger partial charge in [0.05, 0.1) is 11.2 Å². The minimum absolute atomic E-state index is 0.660. The molecule has 0 aliphatic heterocycles. The van der Waals surface area contributed by atoms with Crippen LogP contribution in [0.5, 0.6) is 0 Å². The first-order valence-corrected chi connectivity index (χ1v) is 6.74. The highest BCUT2D eigenvalue weighted by Crippen LogP contribution is 2.27. The van der Waals surface area contributed by atoms with Gasteiger partial charge in [0.25, 0.3) is 0 Å². The third-order valence-electron chi connectivity index (χ3n) is 3.23. The zero-order chi connectivity index (χ0) is 13.9. The molecule has 0 unspecified atom stereocenters. The standard InChI is InChI=1S/C16H14ClN3/c17-13-6-2-1-4-11(13)10-20-15-8-7-14(18)16-12(15)5-3-9-19-16/h1-9,20H,10,18H2. The van der Waals surface area contributed by atoms with Crippen LogP contribution in [0.3, 0.4) is 0 Å². The first-order valence-electron chi connectivity index (χ1n) is 6.36. The lowest BCUT2D eigenvalue weighted by Crippen LogP contribution is -2.01. The van der Waals surface area contributed by atoms with Gasteiger partial charge in [-0.15, -0.1) is 0 Å². The van der Waals surface area contributed by atoms with Crippen LogP contribution in [0, 0.1) is 0 Å². The lowest BCUT2D eigenvalue weighted by molar-refractivity contribution is 1.15. The van der Waals surface area contributed by atoms with Crippen LogP contribution in [-0.2, 0) is 6.54 Å². The predicted octanol–water partition coefficient (Wildman–Crippen LogP) is 4.08. The Labute approximate surface area is 122 Å². The van der Waals surface area contributed by atoms with E-state index in [1.807, 2.05) is 48.5 Å². The second kappa shape index (κ2) is 5.39. The molecule has 20 heavy (non-hydrogen) atoms. The summed E-state index contributed by atoms with van der Waals surface area (Å²) in [7, 11) is 0. The van der Waals surface area contributed by atoms with Crippen LogP contribution in [0.4, 0.5) is 11.4 Å². The quantitative estimate of drug-likeness (QED) is 0.712. The van der Waals surface area contributed by atoms with Crippen LogP contribution in [0.25, 0.3) is 10.9 Å². The Bertz CT molecular complexity index is 756. The summed E-state index contributed by atoms with van der Waals surface area (Å²) in [6, 6.07) is 15.5. The van der Waals surface area contributed by atoms with Crippen LogP contribution in [0.15, 0.2) is 54.7 Å². The van der Waals surface area contributed by atoms with Crippen molar-refractivity contribution in [3.8, 4) is 0 Å². The molecule has 0 aliphatic rings. The summed E-state index contributed by atoms with van der Waals surface area (Å²) in [4.78, 5) is 4.32. The largest absolute Gasteiger partial charge is 0.397 e. The van der Waals surface area contributed by atoms with Crippen molar-refractivity contribution in [3.63, 3.8) is 0 Å². The molecule has 3 aromatic rings. The molecule has 1 heterocycles. The smallest absolute Gasteiger partial charge is 0.0951 e. The second-order valence-electron chi connectivity index (χ2n) is 4.55. The predicted molar refractivity (Wildman–Crippen MR) is 84.9 cm³/mol. The molecule has 0 atom stereocenters. The minimum Gasteiger partial charge on any atom is -0.397 e. The zero-order valence-corrected chi connectivity index (χ0v) is 11.6. The molecule has 0 fully saturated rings. The lowest BCUT2D eigenvalue weighted by Gasteiger charge is -2.11. The van der Waals surface area contributed by atoms with Crippen LogP contribution in [-0.4, -0.2) is 4.98 Å². The number of hydrogen-bond donors (Lipinski definition) is 2. The molecule has 0 saturated carbocycles. The van der Waals surface area contributed by atoms with Crippen molar-refractivity contribution in [1.29, 1.82) is 0 Å². The van der Waals surface area contributed by atoms with E-state index in [1.165, 1.54) is 0 Å². The highest BCUT2D eigenvalue weighted by atomic mass is 35.5. The average molecular weight is 284 g/mol. The number of hydrogen-bond acceptors (Lipinski definition) is 3. The van der Waals surface area contributed by atoms with Gasteiger partial charge in [0.15, 0.2) is 0 Å². The second-order valence-corrected chi connectivity index (χ2v) is 4.95. The van der Waals surface area contributed by atoms with Gasteiger partial charge in [-0.3, -0.25) is 4.98 Å². The van der Waals surface area contributed by atoms with Crippen molar-refractivity contribution in [2.45, 2.75) is 6.54 Å². The molecule has 0 amide bonds. The first-order chi connectivity index (χ1) is 9.75. The number of aromatic nitrogens is 1. The van der Waals surface area contributed by atoms with Crippen LogP contribution >= 0.6 is 11.6 Å². The number of benzene rings is 2. The summed E-state index contributed by atoms with van der Waals surface area (Å²) in [5, 5.41) is 5.17. The zero-order valence-electron chi connectivity index (χ0n) is 10.8. The summed E-state index contributed by atoms with van der Waals surface area (Å²) in [6.45, 7) is 0.660. The summed E-state index contributed by atoms with van der Waals surface area (Å²) in [6.07, 6.45) is 1.75. The van der Waals surface area contributed by atoms with Crippen molar-refractivity contribution in [2.24, 2.45) is 0 Å². The van der Waals surface area contributed by atoms with Crippen molar-refractivity contribution < 1.29 is 0 Å². The van der Waals surface area contributed by atoms with Gasteiger partial charge in [-0.1, -0.05) is 29.8 Å². The average Bonchev–Trinajstić information content (AvgIpc) is 2.48. The molecule has 0 saturated heterocycles. The normalized spacial score (nSPS) is 10.7. The molecule has 3 rings (SSSR count). The Morgan fingerprint density at radius 1 is 1.05 bits per heavy atom. The number of nitrogens with zero attached hydrogens (tertiary/aromatic N) is 1. The van der Waals surface area contributed by atoms with Gasteiger partial charge in [-0.25, -0.2) is 0 Å². The van der Waals surface area contributed by atoms with E-state index in [4.69, 9.17) is 17.3 Å². The fourth-order valence-corrected chi connectivity index (χ4v) is 2.38. The number of nitrogens with one attached hydrogen (secondary N) is 1. The van der Waals surface area contributed by atoms with Crippen molar-refractivity contribution in [3.05, 3.63) is 65.3 Å². The topological polar surface area (TPSA) is 50.9 Å². The Hall–Kier alpha value is -2.26. The Morgan fingerprint density at radius 3 is 2.75 bits per heavy atom. The highest BCUT2D eigenvalue weighted by Gasteiger charge is 2.05. The Balaban J connectivity index is 1.92. The van der Waals surface area contributed by atoms with E-state index < -0.39 is 0 Å². The van der Waals surface area contributed by atoms with Crippen LogP contribution < -0.4 is 11.1 Å². The summed E-state index contributed by atoms with van der Waals surface area (Å²) < 4.78 is 0. The fourth-order valence-electron chi connectivity index (χ4n) is 2.18. The molecule has 0 radical (unpaired) electrons. The molecule has 0 bridgehead atoms. The van der Waals surface area contributed by atoms with Crippen molar-refractivity contribution in [1.82, 2.24) is 4.98 Å². The number of fused-ring (bicyclic) bond motifs is 1. The van der Waals surface area contributed by atoms with Crippen LogP contribution in [0.1, 0.15) is 5.56 Å². The molecule has 2 aromatic carbocycles. The van der Waals surface area contributed by atoms with Crippen LogP contribution in [0.2, 0.25) is 5.02 Å². The number of nitrogen functional groups attached to an aromatic ring is 1. The number of halogens is 1. The lowest BCUT2D eigenvalue weighted by atomic mass is 10.1. The molecular weight excluding hydrogens is 270 g/mol. The van der Waals surface area contributed by atoms with Gasteiger partial charge < -0.3 is 11.1 Å². The monoisotopic (exact) mass is 283 g/mol. The molecule has 3 N–H and O–H groups in total. The fraction of sp³-hybridized carbons (Fsp3) is 0.0625. The third kappa shape index (κ3) is 2.40. The van der Waals surface area contributed by atoms with Gasteiger partial charge in [0.1, 0.15) is 0 Å². The first kappa shape index (κ1) is 12.8. The van der Waals surface area contributed by atoms with E-state index in [-0.39, 0.29) is 0 Å². The van der Waals surface area contributed by atoms with E-state index in [9.17, 15) is 0 Å². The Morgan fingerprint density at radius 2 is 1.90 bits per heavy atom. The van der Waals surface area contributed by atoms with E-state index >= 15 is 0 Å². The maximum absolute atomic E-state index is 6.16. The van der Waals surface area contributed by atoms with E-state index in [0.29, 0.717) is 12.2 Å². The molecule has 1 aromatic heterocycles. The number of anilines is 2. The molecule has 3 nitrogen and oxygen atoms in total. The SMILES string of the molecule is Nc1ccc(NCc2ccccc2Cl)c2cccnc12. The summed E-state index contributed by atoms with van der Waals surface area (Å²) in [5.41, 5.74) is 9.51. The van der Waals surface area contributed by atoms with E-state index in [0.717, 1.165) is 27.2 Å². The number of rotatable bonds is 3. The van der Waals surface area contributed by atoms with Gasteiger partial charge in [0, 0.05) is 28.8 Å². The number of nitrogens with two attached hydrogens (primary N) is 1. The van der Waals surface area contributed by atoms with Gasteiger partial charge in [0.2, 0.25) is 0 Å². The Kier molecular flexibility index (Phi) is 3.44. The van der Waals surface area contributed by atoms with Gasteiger partial charge >= 0.3 is 0 Å². The maximum atomic E-state index is 6.16. The van der Waals surface area contributed by atoms with Crippen molar-refractivity contribution in [2.75, 3.05) is 11.1 Å². The number of pyridine rings is 1. The summed E-state index contributed by atoms with van der Waals surface area (Å²) in [5.74, 6) is 0. The van der Waals surface area contributed by atoms with Gasteiger partial charge in [-0.2, -0.15) is 0 Å². The molecule has 0 spiro atoms. The molecule has 100 valence electrons. The molecule has 4 heteroatoms. The van der Waals surface area contributed by atoms with Gasteiger partial charge in [-0.05, 0) is 35.9 Å². The molecular formula is C16H14ClN3. The molecule has 0 aliphatic carbocycles. The maximum Gasteiger partial charge on any atom is 0.0951 e. The van der Waals surface area contributed by atoms with Crippen molar-refractivity contribution >= 4 is 33.9 Å². The van der Waals surface area contributed by atoms with E-state index in [1.54, 1.807) is 6.20 Å². The summed E-state index contributed by atoms with van der Waals surface area (Å²) >= 11 is 6.16. The highest BCUT2D eigenvalue weighted by molar-refractivity contribution is 6.31. The third-order valence-corrected chi connectivity index (χ3v) is 3.60.